The van der Waals surface area contributed by atoms with Crippen LogP contribution in [0.4, 0.5) is 0 Å². The number of carbonyl (C=O) groups is 1. The molecule has 0 saturated heterocycles. The van der Waals surface area contributed by atoms with Crippen molar-refractivity contribution in [2.24, 2.45) is 0 Å². The predicted molar refractivity (Wildman–Crippen MR) is 78.1 cm³/mol. The number of nitrogens with zero attached hydrogens (tertiary/aromatic N) is 1. The lowest BCUT2D eigenvalue weighted by molar-refractivity contribution is 0.0958. The number of halogens is 1. The highest BCUT2D eigenvalue weighted by atomic mass is 35.5. The van der Waals surface area contributed by atoms with E-state index in [4.69, 9.17) is 16.0 Å². The number of rotatable bonds is 4. The van der Waals surface area contributed by atoms with Gasteiger partial charge >= 0.3 is 0 Å². The van der Waals surface area contributed by atoms with Crippen molar-refractivity contribution >= 4 is 28.4 Å². The number of benzene rings is 1. The summed E-state index contributed by atoms with van der Waals surface area (Å²) in [6.45, 7) is 0. The Morgan fingerprint density at radius 3 is 2.95 bits per heavy atom. The predicted octanol–water partition coefficient (Wildman–Crippen LogP) is 4.30. The molecule has 4 heteroatoms. The van der Waals surface area contributed by atoms with Crippen molar-refractivity contribution in [2.45, 2.75) is 12.8 Å². The smallest absolute Gasteiger partial charge is 0.198 e. The molecule has 100 valence electrons. The van der Waals surface area contributed by atoms with Gasteiger partial charge in [-0.15, -0.1) is 0 Å². The first-order valence-electron chi connectivity index (χ1n) is 6.33. The summed E-state index contributed by atoms with van der Waals surface area (Å²) in [5.74, 6) is 0.368. The van der Waals surface area contributed by atoms with Crippen molar-refractivity contribution in [3.8, 4) is 0 Å². The van der Waals surface area contributed by atoms with Gasteiger partial charge in [-0.25, -0.2) is 0 Å². The number of aryl methyl sites for hydroxylation is 1. The second-order valence-electron chi connectivity index (χ2n) is 4.58. The molecule has 3 nitrogen and oxygen atoms in total. The summed E-state index contributed by atoms with van der Waals surface area (Å²) in [6, 6.07) is 10.9. The average Bonchev–Trinajstić information content (AvgIpc) is 2.89. The molecule has 0 radical (unpaired) electrons. The standard InChI is InChI=1S/C16H12ClNO2/c17-13-4-6-15-12(8-13)9-16(20-15)14(19)5-3-11-2-1-7-18-10-11/h1-2,4,6-10H,3,5H2. The van der Waals surface area contributed by atoms with Gasteiger partial charge in [0.1, 0.15) is 5.58 Å². The van der Waals surface area contributed by atoms with E-state index in [0.29, 0.717) is 29.2 Å². The molecule has 2 aromatic heterocycles. The minimum absolute atomic E-state index is 0.0128. The largest absolute Gasteiger partial charge is 0.453 e. The quantitative estimate of drug-likeness (QED) is 0.671. The van der Waals surface area contributed by atoms with Crippen LogP contribution in [0.2, 0.25) is 5.02 Å². The molecular formula is C16H12ClNO2. The Balaban J connectivity index is 1.75. The van der Waals surface area contributed by atoms with Crippen molar-refractivity contribution in [1.29, 1.82) is 0 Å². The van der Waals surface area contributed by atoms with Crippen LogP contribution in [0.1, 0.15) is 22.5 Å². The van der Waals surface area contributed by atoms with E-state index in [-0.39, 0.29) is 5.78 Å². The molecule has 1 aromatic carbocycles. The Morgan fingerprint density at radius 2 is 2.15 bits per heavy atom. The number of carbonyl (C=O) groups excluding carboxylic acids is 1. The van der Waals surface area contributed by atoms with Gasteiger partial charge in [-0.2, -0.15) is 0 Å². The van der Waals surface area contributed by atoms with Gasteiger partial charge in [0, 0.05) is 29.2 Å². The molecule has 0 aliphatic rings. The summed E-state index contributed by atoms with van der Waals surface area (Å²) < 4.78 is 5.55. The van der Waals surface area contributed by atoms with Crippen molar-refractivity contribution in [3.05, 3.63) is 65.1 Å². The Hall–Kier alpha value is -2.13. The zero-order chi connectivity index (χ0) is 13.9. The summed E-state index contributed by atoms with van der Waals surface area (Å²) in [7, 11) is 0. The van der Waals surface area contributed by atoms with Crippen molar-refractivity contribution in [3.63, 3.8) is 0 Å². The van der Waals surface area contributed by atoms with Crippen LogP contribution in [0.3, 0.4) is 0 Å². The third kappa shape index (κ3) is 2.73. The Bertz CT molecular complexity index is 750. The van der Waals surface area contributed by atoms with Gasteiger partial charge in [-0.05, 0) is 42.3 Å². The molecule has 0 N–H and O–H groups in total. The molecule has 3 aromatic rings. The molecule has 3 rings (SSSR count). The number of hydrogen-bond donors (Lipinski definition) is 0. The Morgan fingerprint density at radius 1 is 1.25 bits per heavy atom. The monoisotopic (exact) mass is 285 g/mol. The molecule has 0 spiro atoms. The lowest BCUT2D eigenvalue weighted by Crippen LogP contribution is -1.99. The van der Waals surface area contributed by atoms with Crippen LogP contribution in [-0.4, -0.2) is 10.8 Å². The van der Waals surface area contributed by atoms with E-state index >= 15 is 0 Å². The van der Waals surface area contributed by atoms with Gasteiger partial charge < -0.3 is 4.42 Å². The van der Waals surface area contributed by atoms with E-state index < -0.39 is 0 Å². The first-order chi connectivity index (χ1) is 9.72. The lowest BCUT2D eigenvalue weighted by atomic mass is 10.1. The molecule has 0 atom stereocenters. The van der Waals surface area contributed by atoms with Crippen molar-refractivity contribution in [2.75, 3.05) is 0 Å². The molecule has 20 heavy (non-hydrogen) atoms. The fraction of sp³-hybridized carbons (Fsp3) is 0.125. The molecule has 0 saturated carbocycles. The molecule has 0 amide bonds. The van der Waals surface area contributed by atoms with Gasteiger partial charge in [0.2, 0.25) is 0 Å². The summed E-state index contributed by atoms with van der Waals surface area (Å²) >= 11 is 5.92. The van der Waals surface area contributed by atoms with Crippen molar-refractivity contribution in [1.82, 2.24) is 4.98 Å². The van der Waals surface area contributed by atoms with E-state index in [2.05, 4.69) is 4.98 Å². The van der Waals surface area contributed by atoms with Gasteiger partial charge in [0.15, 0.2) is 11.5 Å². The topological polar surface area (TPSA) is 43.1 Å². The number of Topliss-reactive ketones (excluding diaryl/α,β-unsaturated/α-hetero) is 1. The number of hydrogen-bond acceptors (Lipinski definition) is 3. The van der Waals surface area contributed by atoms with Crippen LogP contribution in [0.5, 0.6) is 0 Å². The number of pyridine rings is 1. The molecule has 0 unspecified atom stereocenters. The fourth-order valence-electron chi connectivity index (χ4n) is 2.08. The average molecular weight is 286 g/mol. The summed E-state index contributed by atoms with van der Waals surface area (Å²) in [4.78, 5) is 16.2. The summed E-state index contributed by atoms with van der Waals surface area (Å²) in [5.41, 5.74) is 1.72. The Labute approximate surface area is 121 Å². The second-order valence-corrected chi connectivity index (χ2v) is 5.01. The normalized spacial score (nSPS) is 10.8. The Kier molecular flexibility index (Phi) is 3.52. The lowest BCUT2D eigenvalue weighted by Gasteiger charge is -1.98. The highest BCUT2D eigenvalue weighted by molar-refractivity contribution is 6.31. The molecule has 0 fully saturated rings. The molecule has 0 aliphatic carbocycles. The van der Waals surface area contributed by atoms with E-state index in [1.165, 1.54) is 0 Å². The van der Waals surface area contributed by atoms with Crippen LogP contribution in [0.15, 0.2) is 53.2 Å². The number of furan rings is 1. The minimum atomic E-state index is -0.0128. The SMILES string of the molecule is O=C(CCc1cccnc1)c1cc2cc(Cl)ccc2o1. The van der Waals surface area contributed by atoms with Gasteiger partial charge in [-0.3, -0.25) is 9.78 Å². The third-order valence-corrected chi connectivity index (χ3v) is 3.35. The zero-order valence-electron chi connectivity index (χ0n) is 10.7. The number of aromatic nitrogens is 1. The summed E-state index contributed by atoms with van der Waals surface area (Å²) in [6.07, 6.45) is 4.55. The van der Waals surface area contributed by atoms with Gasteiger partial charge in [-0.1, -0.05) is 17.7 Å². The minimum Gasteiger partial charge on any atom is -0.453 e. The highest BCUT2D eigenvalue weighted by Gasteiger charge is 2.12. The first kappa shape index (κ1) is 12.9. The number of fused-ring (bicyclic) bond motifs is 1. The zero-order valence-corrected chi connectivity index (χ0v) is 11.4. The van der Waals surface area contributed by atoms with E-state index in [1.807, 2.05) is 12.1 Å². The maximum atomic E-state index is 12.1. The second kappa shape index (κ2) is 5.47. The van der Waals surface area contributed by atoms with Gasteiger partial charge in [0.25, 0.3) is 0 Å². The van der Waals surface area contributed by atoms with E-state index in [9.17, 15) is 4.79 Å². The molecule has 0 aliphatic heterocycles. The van der Waals surface area contributed by atoms with E-state index in [0.717, 1.165) is 10.9 Å². The molecule has 0 bridgehead atoms. The molecular weight excluding hydrogens is 274 g/mol. The highest BCUT2D eigenvalue weighted by Crippen LogP contribution is 2.24. The molecule has 2 heterocycles. The maximum Gasteiger partial charge on any atom is 0.198 e. The van der Waals surface area contributed by atoms with Crippen LogP contribution in [-0.2, 0) is 6.42 Å². The summed E-state index contributed by atoms with van der Waals surface area (Å²) in [5, 5.41) is 1.48. The van der Waals surface area contributed by atoms with Crippen molar-refractivity contribution < 1.29 is 9.21 Å². The third-order valence-electron chi connectivity index (χ3n) is 3.12. The first-order valence-corrected chi connectivity index (χ1v) is 6.71. The van der Waals surface area contributed by atoms with Crippen LogP contribution < -0.4 is 0 Å². The van der Waals surface area contributed by atoms with Crippen LogP contribution in [0.25, 0.3) is 11.0 Å². The van der Waals surface area contributed by atoms with E-state index in [1.54, 1.807) is 36.7 Å². The van der Waals surface area contributed by atoms with Crippen LogP contribution >= 0.6 is 11.6 Å². The number of ketones is 1. The van der Waals surface area contributed by atoms with Crippen LogP contribution in [0, 0.1) is 0 Å². The fourth-order valence-corrected chi connectivity index (χ4v) is 2.26. The van der Waals surface area contributed by atoms with Gasteiger partial charge in [0.05, 0.1) is 0 Å². The maximum absolute atomic E-state index is 12.1.